The fraction of sp³-hybridized carbons (Fsp3) is 0.661. The second kappa shape index (κ2) is 29.6. The largest absolute Gasteiger partial charge is 0.508 e. The standard InChI is InChI=1S/C19H29NO.C16H25NO.C14H19NO3.C13H23N3S/c1-3-9-20(10-4-2)18-8-7-15-12-16-6-5-11-21-19(16)14-17(15)13-18;1-3-9-17(10-4-2)15-7-5-13-6-8-16(18)12-14(13)11-15;1-2-5-15-6-7-17-14-11-8-10(16)3-4-13(11)18-9-12(14)15;1-3-7-16(8-4-2)10-5-6-11-12(9-10)17-13(14)15-11/h12,14,18H,3-11,13H2,1-2H3;6,8,12,15,18H,3-5,7,9-11H2,1-2H3;3-4,8,12,14,16H,2,5-7,9H2,1H3;10H,3-9H2,1-2H3,(H2,14,15)/t;15-;12-,14-;/m.11./s1. The van der Waals surface area contributed by atoms with Crippen LogP contribution in [0.4, 0.5) is 5.13 Å². The molecule has 2 unspecified atom stereocenters. The molecule has 5 atom stereocenters. The van der Waals surface area contributed by atoms with Crippen molar-refractivity contribution in [2.75, 3.05) is 77.9 Å². The number of hydrogen-bond donors (Lipinski definition) is 3. The lowest BCUT2D eigenvalue weighted by atomic mass is 9.85. The molecule has 12 heteroatoms. The number of aryl methyl sites for hydroxylation is 4. The van der Waals surface area contributed by atoms with Crippen LogP contribution in [0.25, 0.3) is 0 Å². The topological polar surface area (TPSA) is 120 Å². The Hall–Kier alpha value is -3.91. The molecule has 1 aromatic heterocycles. The van der Waals surface area contributed by atoms with Crippen LogP contribution in [0.5, 0.6) is 23.0 Å². The molecular formula is C62H96N6O5S. The summed E-state index contributed by atoms with van der Waals surface area (Å²) in [5.74, 6) is 2.69. The van der Waals surface area contributed by atoms with E-state index >= 15 is 0 Å². The van der Waals surface area contributed by atoms with E-state index in [1.165, 1.54) is 150 Å². The van der Waals surface area contributed by atoms with E-state index in [-0.39, 0.29) is 17.9 Å². The number of anilines is 1. The number of nitrogens with zero attached hydrogens (tertiary/aromatic N) is 5. The third kappa shape index (κ3) is 15.6. The molecule has 0 amide bonds. The van der Waals surface area contributed by atoms with E-state index in [2.05, 4.69) is 91.2 Å². The van der Waals surface area contributed by atoms with E-state index in [9.17, 15) is 10.2 Å². The van der Waals surface area contributed by atoms with Crippen molar-refractivity contribution in [2.24, 2.45) is 0 Å². The minimum absolute atomic E-state index is 0.0288. The molecule has 10 rings (SSSR count). The van der Waals surface area contributed by atoms with Gasteiger partial charge in [0, 0.05) is 35.1 Å². The van der Waals surface area contributed by atoms with Crippen molar-refractivity contribution in [3.05, 3.63) is 92.5 Å². The molecule has 11 nitrogen and oxygen atoms in total. The summed E-state index contributed by atoms with van der Waals surface area (Å²) in [6.07, 6.45) is 21.8. The summed E-state index contributed by atoms with van der Waals surface area (Å²) in [4.78, 5) is 16.3. The van der Waals surface area contributed by atoms with Crippen LogP contribution in [0.1, 0.15) is 169 Å². The molecule has 74 heavy (non-hydrogen) atoms. The van der Waals surface area contributed by atoms with Crippen LogP contribution < -0.4 is 15.2 Å². The molecule has 410 valence electrons. The fourth-order valence-electron chi connectivity index (χ4n) is 12.7. The predicted octanol–water partition coefficient (Wildman–Crippen LogP) is 12.0. The third-order valence-electron chi connectivity index (χ3n) is 16.1. The minimum Gasteiger partial charge on any atom is -0.508 e. The van der Waals surface area contributed by atoms with Crippen molar-refractivity contribution in [2.45, 2.75) is 194 Å². The summed E-state index contributed by atoms with van der Waals surface area (Å²) in [7, 11) is 0. The van der Waals surface area contributed by atoms with Gasteiger partial charge in [0.15, 0.2) is 5.13 Å². The highest BCUT2D eigenvalue weighted by Crippen LogP contribution is 2.40. The van der Waals surface area contributed by atoms with Crippen LogP contribution in [-0.2, 0) is 49.7 Å². The Kier molecular flexibility index (Phi) is 23.1. The number of aromatic hydroxyl groups is 2. The molecule has 0 spiro atoms. The summed E-state index contributed by atoms with van der Waals surface area (Å²) >= 11 is 1.69. The minimum atomic E-state index is 0.0288. The molecular weight excluding hydrogens is 941 g/mol. The lowest BCUT2D eigenvalue weighted by Gasteiger charge is -2.44. The van der Waals surface area contributed by atoms with Gasteiger partial charge in [-0.25, -0.2) is 4.98 Å². The van der Waals surface area contributed by atoms with Gasteiger partial charge in [-0.15, -0.1) is 11.3 Å². The zero-order chi connectivity index (χ0) is 52.4. The van der Waals surface area contributed by atoms with E-state index in [1.54, 1.807) is 34.6 Å². The van der Waals surface area contributed by atoms with Crippen molar-refractivity contribution >= 4 is 16.5 Å². The highest BCUT2D eigenvalue weighted by Gasteiger charge is 2.38. The molecule has 4 N–H and O–H groups in total. The number of fused-ring (bicyclic) bond motifs is 7. The van der Waals surface area contributed by atoms with Crippen LogP contribution in [-0.4, -0.2) is 131 Å². The molecule has 0 saturated carbocycles. The van der Waals surface area contributed by atoms with Gasteiger partial charge in [0.05, 0.1) is 24.9 Å². The lowest BCUT2D eigenvalue weighted by molar-refractivity contribution is -0.0956. The van der Waals surface area contributed by atoms with Gasteiger partial charge in [0.25, 0.3) is 0 Å². The molecule has 3 aliphatic carbocycles. The molecule has 0 bridgehead atoms. The number of thiazole rings is 1. The number of aromatic nitrogens is 1. The van der Waals surface area contributed by atoms with Crippen LogP contribution in [0, 0.1) is 0 Å². The van der Waals surface area contributed by atoms with Gasteiger partial charge in [-0.1, -0.05) is 60.6 Å². The van der Waals surface area contributed by atoms with Gasteiger partial charge in [-0.05, 0) is 226 Å². The molecule has 4 aromatic rings. The highest BCUT2D eigenvalue weighted by molar-refractivity contribution is 7.15. The molecule has 4 heterocycles. The Bertz CT molecular complexity index is 2280. The quantitative estimate of drug-likeness (QED) is 0.0938. The van der Waals surface area contributed by atoms with E-state index in [0.717, 1.165) is 86.6 Å². The lowest BCUT2D eigenvalue weighted by Crippen LogP contribution is -2.52. The summed E-state index contributed by atoms with van der Waals surface area (Å²) < 4.78 is 17.6. The Labute approximate surface area is 451 Å². The molecule has 3 aliphatic heterocycles. The number of nitrogens with two attached hydrogens (primary N) is 1. The first kappa shape index (κ1) is 57.8. The number of phenols is 2. The Balaban J connectivity index is 0.000000145. The van der Waals surface area contributed by atoms with Gasteiger partial charge in [0.2, 0.25) is 0 Å². The van der Waals surface area contributed by atoms with Crippen LogP contribution >= 0.6 is 11.3 Å². The highest BCUT2D eigenvalue weighted by atomic mass is 32.1. The summed E-state index contributed by atoms with van der Waals surface area (Å²) in [6.45, 7) is 27.5. The van der Waals surface area contributed by atoms with Crippen LogP contribution in [0.2, 0.25) is 0 Å². The maximum atomic E-state index is 9.62. The van der Waals surface area contributed by atoms with Crippen molar-refractivity contribution in [1.82, 2.24) is 24.6 Å². The molecule has 0 radical (unpaired) electrons. The predicted molar refractivity (Wildman–Crippen MR) is 307 cm³/mol. The zero-order valence-corrected chi connectivity index (χ0v) is 47.7. The molecule has 1 saturated heterocycles. The fourth-order valence-corrected chi connectivity index (χ4v) is 13.6. The average molecular weight is 1040 g/mol. The monoisotopic (exact) mass is 1040 g/mol. The first-order valence-electron chi connectivity index (χ1n) is 29.4. The van der Waals surface area contributed by atoms with E-state index in [1.807, 2.05) is 18.2 Å². The second-order valence-corrected chi connectivity index (χ2v) is 22.9. The molecule has 1 fully saturated rings. The third-order valence-corrected chi connectivity index (χ3v) is 17.0. The van der Waals surface area contributed by atoms with Gasteiger partial charge in [-0.2, -0.15) is 0 Å². The summed E-state index contributed by atoms with van der Waals surface area (Å²) in [5.41, 5.74) is 15.4. The van der Waals surface area contributed by atoms with E-state index in [4.69, 9.17) is 19.9 Å². The van der Waals surface area contributed by atoms with E-state index in [0.29, 0.717) is 24.4 Å². The van der Waals surface area contributed by atoms with Crippen molar-refractivity contribution in [3.8, 4) is 23.0 Å². The van der Waals surface area contributed by atoms with Crippen molar-refractivity contribution in [1.29, 1.82) is 0 Å². The molecule has 6 aliphatic rings. The smallest absolute Gasteiger partial charge is 0.180 e. The number of hydrogen-bond acceptors (Lipinski definition) is 12. The number of rotatable bonds is 17. The first-order valence-corrected chi connectivity index (χ1v) is 30.3. The normalized spacial score (nSPS) is 21.6. The number of phenolic OH excluding ortho intramolecular Hbond substituents is 2. The molecule has 3 aromatic carbocycles. The summed E-state index contributed by atoms with van der Waals surface area (Å²) in [6, 6.07) is 18.3. The Morgan fingerprint density at radius 2 is 1.18 bits per heavy atom. The zero-order valence-electron chi connectivity index (χ0n) is 46.9. The van der Waals surface area contributed by atoms with Gasteiger partial charge in [0.1, 0.15) is 35.7 Å². The van der Waals surface area contributed by atoms with Gasteiger partial charge in [-0.3, -0.25) is 4.90 Å². The maximum Gasteiger partial charge on any atom is 0.180 e. The number of nitrogen functional groups attached to an aromatic ring is 1. The number of ether oxygens (including phenoxy) is 3. The maximum absolute atomic E-state index is 9.62. The van der Waals surface area contributed by atoms with Crippen LogP contribution in [0.3, 0.4) is 0 Å². The first-order chi connectivity index (χ1) is 36.1. The van der Waals surface area contributed by atoms with Gasteiger partial charge < -0.3 is 44.9 Å². The average Bonchev–Trinajstić information content (AvgIpc) is 3.80. The number of morpholine rings is 1. The van der Waals surface area contributed by atoms with Gasteiger partial charge >= 0.3 is 0 Å². The van der Waals surface area contributed by atoms with E-state index < -0.39 is 0 Å². The van der Waals surface area contributed by atoms with Crippen molar-refractivity contribution in [3.63, 3.8) is 0 Å². The Morgan fingerprint density at radius 3 is 1.81 bits per heavy atom. The summed E-state index contributed by atoms with van der Waals surface area (Å²) in [5, 5.41) is 20.0. The van der Waals surface area contributed by atoms with Crippen molar-refractivity contribution < 1.29 is 24.4 Å². The van der Waals surface area contributed by atoms with Crippen LogP contribution in [0.15, 0.2) is 48.5 Å². The Morgan fingerprint density at radius 1 is 0.595 bits per heavy atom. The number of benzene rings is 3. The SMILES string of the molecule is CCCN(CCC)C1CCc2cc3c(cc2C1)OCCC3.CCCN(CCC)C1CCc2nc(N)sc2C1.CCCN(CCC)[C@@H]1CCc2ccc(O)cc2C1.CCCN1CCO[C@@H]2c3cc(O)ccc3OC[C@H]21. The second-order valence-electron chi connectivity index (χ2n) is 21.8.